The Hall–Kier alpha value is -3.23. The Balaban J connectivity index is 1.07. The van der Waals surface area contributed by atoms with Gasteiger partial charge in [0.25, 0.3) is 0 Å². The second kappa shape index (κ2) is 9.72. The van der Waals surface area contributed by atoms with Crippen LogP contribution in [-0.4, -0.2) is 75.2 Å². The summed E-state index contributed by atoms with van der Waals surface area (Å²) in [6.45, 7) is 7.22. The molecule has 8 nitrogen and oxygen atoms in total. The summed E-state index contributed by atoms with van der Waals surface area (Å²) in [6, 6.07) is 16.2. The van der Waals surface area contributed by atoms with E-state index in [-0.39, 0.29) is 6.79 Å². The molecule has 1 fully saturated rings. The maximum atomic E-state index is 5.59. The van der Waals surface area contributed by atoms with E-state index >= 15 is 0 Å². The van der Waals surface area contributed by atoms with Crippen LogP contribution in [0.15, 0.2) is 53.1 Å². The zero-order valence-electron chi connectivity index (χ0n) is 19.2. The molecule has 0 radical (unpaired) electrons. The van der Waals surface area contributed by atoms with E-state index in [9.17, 15) is 0 Å². The Labute approximate surface area is 194 Å². The van der Waals surface area contributed by atoms with Crippen molar-refractivity contribution in [3.05, 3.63) is 54.3 Å². The van der Waals surface area contributed by atoms with Gasteiger partial charge >= 0.3 is 0 Å². The molecule has 1 saturated heterocycles. The number of piperazine rings is 1. The lowest BCUT2D eigenvalue weighted by molar-refractivity contribution is 0.174. The third kappa shape index (κ3) is 5.07. The SMILES string of the molecule is COc1ccc(N2CCN(CCN(C)Cc3cc(-c4ccc5c(c4)OCO5)no3)CC2)cc1. The Morgan fingerprint density at radius 1 is 0.970 bits per heavy atom. The van der Waals surface area contributed by atoms with Crippen molar-refractivity contribution in [2.24, 2.45) is 0 Å². The first-order valence-corrected chi connectivity index (χ1v) is 11.3. The monoisotopic (exact) mass is 450 g/mol. The van der Waals surface area contributed by atoms with Crippen LogP contribution in [0.1, 0.15) is 5.76 Å². The average Bonchev–Trinajstić information content (AvgIpc) is 3.52. The van der Waals surface area contributed by atoms with Crippen LogP contribution >= 0.6 is 0 Å². The molecule has 1 aromatic heterocycles. The van der Waals surface area contributed by atoms with Gasteiger partial charge in [0.2, 0.25) is 6.79 Å². The molecule has 3 heterocycles. The van der Waals surface area contributed by atoms with Crippen LogP contribution in [0.3, 0.4) is 0 Å². The number of ether oxygens (including phenoxy) is 3. The van der Waals surface area contributed by atoms with Crippen LogP contribution in [0.5, 0.6) is 17.2 Å². The summed E-state index contributed by atoms with van der Waals surface area (Å²) in [5.74, 6) is 3.28. The Bertz CT molecular complexity index is 1060. The third-order valence-corrected chi connectivity index (χ3v) is 6.26. The maximum absolute atomic E-state index is 5.59. The Morgan fingerprint density at radius 2 is 1.76 bits per heavy atom. The largest absolute Gasteiger partial charge is 0.497 e. The summed E-state index contributed by atoms with van der Waals surface area (Å²) < 4.78 is 21.7. The second-order valence-corrected chi connectivity index (χ2v) is 8.51. The molecule has 0 amide bonds. The number of benzene rings is 2. The van der Waals surface area contributed by atoms with Gasteiger partial charge in [0, 0.05) is 56.6 Å². The smallest absolute Gasteiger partial charge is 0.231 e. The summed E-state index contributed by atoms with van der Waals surface area (Å²) in [6.07, 6.45) is 0. The number of likely N-dealkylation sites (N-methyl/N-ethyl adjacent to an activating group) is 1. The molecule has 2 aromatic carbocycles. The van der Waals surface area contributed by atoms with Crippen molar-refractivity contribution in [2.45, 2.75) is 6.54 Å². The van der Waals surface area contributed by atoms with Crippen LogP contribution in [0.25, 0.3) is 11.3 Å². The number of fused-ring (bicyclic) bond motifs is 1. The summed E-state index contributed by atoms with van der Waals surface area (Å²) in [7, 11) is 3.82. The van der Waals surface area contributed by atoms with Gasteiger partial charge in [-0.25, -0.2) is 0 Å². The predicted molar refractivity (Wildman–Crippen MR) is 126 cm³/mol. The zero-order chi connectivity index (χ0) is 22.6. The van der Waals surface area contributed by atoms with E-state index in [2.05, 4.69) is 39.0 Å². The van der Waals surface area contributed by atoms with Crippen molar-refractivity contribution < 1.29 is 18.7 Å². The summed E-state index contributed by atoms with van der Waals surface area (Å²) in [5.41, 5.74) is 3.04. The molecule has 0 saturated carbocycles. The van der Waals surface area contributed by atoms with Crippen molar-refractivity contribution >= 4 is 5.69 Å². The van der Waals surface area contributed by atoms with Gasteiger partial charge < -0.3 is 23.6 Å². The van der Waals surface area contributed by atoms with Gasteiger partial charge in [0.1, 0.15) is 11.4 Å². The molecule has 2 aliphatic rings. The van der Waals surface area contributed by atoms with Gasteiger partial charge in [-0.15, -0.1) is 0 Å². The molecule has 0 unspecified atom stereocenters. The molecule has 8 heteroatoms. The third-order valence-electron chi connectivity index (χ3n) is 6.26. The van der Waals surface area contributed by atoms with Crippen LogP contribution in [0.4, 0.5) is 5.69 Å². The summed E-state index contributed by atoms with van der Waals surface area (Å²) in [5, 5.41) is 4.24. The van der Waals surface area contributed by atoms with Gasteiger partial charge in [0.05, 0.1) is 13.7 Å². The topological polar surface area (TPSA) is 63.4 Å². The van der Waals surface area contributed by atoms with E-state index in [1.807, 2.05) is 36.4 Å². The Kier molecular flexibility index (Phi) is 6.37. The predicted octanol–water partition coefficient (Wildman–Crippen LogP) is 3.33. The normalized spacial score (nSPS) is 15.9. The first kappa shape index (κ1) is 21.6. The summed E-state index contributed by atoms with van der Waals surface area (Å²) >= 11 is 0. The lowest BCUT2D eigenvalue weighted by Crippen LogP contribution is -2.48. The van der Waals surface area contributed by atoms with E-state index in [1.165, 1.54) is 5.69 Å². The molecule has 0 N–H and O–H groups in total. The first-order valence-electron chi connectivity index (χ1n) is 11.3. The lowest BCUT2D eigenvalue weighted by atomic mass is 10.1. The number of methoxy groups -OCH3 is 1. The number of hydrogen-bond acceptors (Lipinski definition) is 8. The van der Waals surface area contributed by atoms with Crippen molar-refractivity contribution in [1.29, 1.82) is 0 Å². The molecule has 33 heavy (non-hydrogen) atoms. The highest BCUT2D eigenvalue weighted by atomic mass is 16.7. The lowest BCUT2D eigenvalue weighted by Gasteiger charge is -2.36. The van der Waals surface area contributed by atoms with Crippen LogP contribution in [-0.2, 0) is 6.54 Å². The number of hydrogen-bond donors (Lipinski definition) is 0. The number of nitrogens with zero attached hydrogens (tertiary/aromatic N) is 4. The molecule has 0 bridgehead atoms. The van der Waals surface area contributed by atoms with E-state index in [4.69, 9.17) is 18.7 Å². The number of anilines is 1. The fourth-order valence-electron chi connectivity index (χ4n) is 4.26. The second-order valence-electron chi connectivity index (χ2n) is 8.51. The zero-order valence-corrected chi connectivity index (χ0v) is 19.2. The quantitative estimate of drug-likeness (QED) is 0.518. The Morgan fingerprint density at radius 3 is 2.55 bits per heavy atom. The molecular formula is C25H30N4O4. The van der Waals surface area contributed by atoms with Gasteiger partial charge in [-0.05, 0) is 49.5 Å². The minimum Gasteiger partial charge on any atom is -0.497 e. The fourth-order valence-corrected chi connectivity index (χ4v) is 4.26. The molecule has 0 spiro atoms. The van der Waals surface area contributed by atoms with Crippen molar-refractivity contribution in [3.63, 3.8) is 0 Å². The maximum Gasteiger partial charge on any atom is 0.231 e. The van der Waals surface area contributed by atoms with Gasteiger partial charge in [-0.2, -0.15) is 0 Å². The summed E-state index contributed by atoms with van der Waals surface area (Å²) in [4.78, 5) is 7.24. The molecule has 0 aliphatic carbocycles. The van der Waals surface area contributed by atoms with Gasteiger partial charge in [0.15, 0.2) is 17.3 Å². The van der Waals surface area contributed by atoms with Crippen LogP contribution < -0.4 is 19.1 Å². The van der Waals surface area contributed by atoms with Crippen molar-refractivity contribution in [1.82, 2.24) is 15.0 Å². The van der Waals surface area contributed by atoms with Gasteiger partial charge in [-0.1, -0.05) is 5.16 Å². The first-order chi connectivity index (χ1) is 16.2. The molecule has 5 rings (SSSR count). The van der Waals surface area contributed by atoms with E-state index in [0.717, 1.165) is 80.1 Å². The number of rotatable bonds is 8. The van der Waals surface area contributed by atoms with Crippen LogP contribution in [0.2, 0.25) is 0 Å². The van der Waals surface area contributed by atoms with Crippen LogP contribution in [0, 0.1) is 0 Å². The standard InChI is InChI=1S/C25H30N4O4/c1-27(9-10-28-11-13-29(14-12-28)20-4-6-21(30-2)7-5-20)17-22-16-23(26-33-22)19-3-8-24-25(15-19)32-18-31-24/h3-8,15-16H,9-14,17-18H2,1-2H3. The minimum absolute atomic E-state index is 0.268. The highest BCUT2D eigenvalue weighted by molar-refractivity contribution is 5.64. The molecular weight excluding hydrogens is 420 g/mol. The number of aromatic nitrogens is 1. The molecule has 3 aromatic rings. The van der Waals surface area contributed by atoms with Crippen molar-refractivity contribution in [3.8, 4) is 28.5 Å². The molecule has 0 atom stereocenters. The van der Waals surface area contributed by atoms with Gasteiger partial charge in [-0.3, -0.25) is 9.80 Å². The van der Waals surface area contributed by atoms with Crippen molar-refractivity contribution in [2.75, 3.05) is 65.1 Å². The minimum atomic E-state index is 0.268. The van der Waals surface area contributed by atoms with E-state index in [1.54, 1.807) is 7.11 Å². The van der Waals surface area contributed by atoms with E-state index < -0.39 is 0 Å². The average molecular weight is 451 g/mol. The molecule has 174 valence electrons. The molecule has 2 aliphatic heterocycles. The fraction of sp³-hybridized carbons (Fsp3) is 0.400. The highest BCUT2D eigenvalue weighted by Gasteiger charge is 2.19. The highest BCUT2D eigenvalue weighted by Crippen LogP contribution is 2.35. The van der Waals surface area contributed by atoms with E-state index in [0.29, 0.717) is 0 Å².